The lowest BCUT2D eigenvalue weighted by atomic mass is 10.1. The minimum absolute atomic E-state index is 0.751. The minimum atomic E-state index is -3.09. The van der Waals surface area contributed by atoms with Gasteiger partial charge in [0.1, 0.15) is 0 Å². The molecule has 1 aromatic carbocycles. The highest BCUT2D eigenvalue weighted by Crippen LogP contribution is 2.22. The van der Waals surface area contributed by atoms with Crippen molar-refractivity contribution in [2.75, 3.05) is 0 Å². The van der Waals surface area contributed by atoms with Crippen molar-refractivity contribution in [1.29, 1.82) is 0 Å². The summed E-state index contributed by atoms with van der Waals surface area (Å²) in [6, 6.07) is 9.44. The average molecular weight is 254 g/mol. The maximum Gasteiger partial charge on any atom is 0.631 e. The lowest BCUT2D eigenvalue weighted by Gasteiger charge is -1.95. The summed E-state index contributed by atoms with van der Waals surface area (Å²) in [4.78, 5) is 0. The second-order valence-electron chi connectivity index (χ2n) is 3.18. The van der Waals surface area contributed by atoms with Gasteiger partial charge in [-0.15, -0.1) is 0 Å². The van der Waals surface area contributed by atoms with Gasteiger partial charge in [0.15, 0.2) is 9.84 Å². The first-order chi connectivity index (χ1) is 7.91. The fourth-order valence-corrected chi connectivity index (χ4v) is 2.20. The Balaban J connectivity index is 0.000000317. The molecule has 0 saturated heterocycles. The molecule has 0 bridgehead atoms. The Kier molecular flexibility index (Phi) is 4.65. The highest BCUT2D eigenvalue weighted by atomic mass is 32.2. The predicted octanol–water partition coefficient (Wildman–Crippen LogP) is -0.0822. The topological polar surface area (TPSA) is 94.8 Å². The fraction of sp³-hybridized carbons (Fsp3) is 0. The highest BCUT2D eigenvalue weighted by Gasteiger charge is 2.11. The molecular formula is C10H11BO5S. The summed E-state index contributed by atoms with van der Waals surface area (Å²) in [6.07, 6.45) is 1.62. The third-order valence-corrected chi connectivity index (χ3v) is 2.93. The lowest BCUT2D eigenvalue weighted by molar-refractivity contribution is 0.278. The van der Waals surface area contributed by atoms with Crippen LogP contribution < -0.4 is 0 Å². The van der Waals surface area contributed by atoms with E-state index in [0.29, 0.717) is 0 Å². The van der Waals surface area contributed by atoms with E-state index in [1.54, 1.807) is 6.08 Å². The van der Waals surface area contributed by atoms with Crippen LogP contribution in [0.15, 0.2) is 47.2 Å². The summed E-state index contributed by atoms with van der Waals surface area (Å²) >= 11 is 0. The van der Waals surface area contributed by atoms with Gasteiger partial charge in [0.2, 0.25) is 0 Å². The molecule has 17 heavy (non-hydrogen) atoms. The van der Waals surface area contributed by atoms with Crippen LogP contribution in [0.25, 0.3) is 5.57 Å². The van der Waals surface area contributed by atoms with Crippen molar-refractivity contribution in [2.24, 2.45) is 0 Å². The molecular weight excluding hydrogens is 243 g/mol. The molecule has 0 unspecified atom stereocenters. The van der Waals surface area contributed by atoms with Gasteiger partial charge in [-0.3, -0.25) is 0 Å². The van der Waals surface area contributed by atoms with Crippen LogP contribution >= 0.6 is 0 Å². The van der Waals surface area contributed by atoms with Gasteiger partial charge in [-0.2, -0.15) is 0 Å². The van der Waals surface area contributed by atoms with E-state index in [-0.39, 0.29) is 0 Å². The van der Waals surface area contributed by atoms with Crippen molar-refractivity contribution in [3.8, 4) is 0 Å². The molecule has 2 rings (SSSR count). The molecule has 1 aromatic rings. The largest absolute Gasteiger partial charge is 0.631 e. The van der Waals surface area contributed by atoms with Gasteiger partial charge in [0, 0.05) is 10.8 Å². The number of benzene rings is 1. The van der Waals surface area contributed by atoms with E-state index in [2.05, 4.69) is 0 Å². The van der Waals surface area contributed by atoms with Crippen LogP contribution in [0.2, 0.25) is 0 Å². The number of rotatable bonds is 1. The maximum absolute atomic E-state index is 11.1. The average Bonchev–Trinajstić information content (AvgIpc) is 2.59. The van der Waals surface area contributed by atoms with Gasteiger partial charge < -0.3 is 15.1 Å². The van der Waals surface area contributed by atoms with Gasteiger partial charge in [-0.25, -0.2) is 8.42 Å². The van der Waals surface area contributed by atoms with Crippen LogP contribution in [0.4, 0.5) is 0 Å². The van der Waals surface area contributed by atoms with Crippen molar-refractivity contribution in [3.05, 3.63) is 52.8 Å². The second kappa shape index (κ2) is 5.78. The summed E-state index contributed by atoms with van der Waals surface area (Å²) in [6.45, 7) is 0. The van der Waals surface area contributed by atoms with E-state index in [0.717, 1.165) is 11.1 Å². The van der Waals surface area contributed by atoms with Gasteiger partial charge in [-0.1, -0.05) is 30.3 Å². The molecule has 0 atom stereocenters. The van der Waals surface area contributed by atoms with E-state index >= 15 is 0 Å². The third kappa shape index (κ3) is 4.96. The molecule has 0 saturated carbocycles. The fourth-order valence-electron chi connectivity index (χ4n) is 1.22. The molecule has 3 N–H and O–H groups in total. The van der Waals surface area contributed by atoms with Crippen molar-refractivity contribution < 1.29 is 23.5 Å². The quantitative estimate of drug-likeness (QED) is 0.609. The van der Waals surface area contributed by atoms with Crippen molar-refractivity contribution in [3.63, 3.8) is 0 Å². The van der Waals surface area contributed by atoms with Crippen molar-refractivity contribution in [1.82, 2.24) is 0 Å². The zero-order valence-electron chi connectivity index (χ0n) is 8.76. The van der Waals surface area contributed by atoms with Gasteiger partial charge in [0.25, 0.3) is 0 Å². The highest BCUT2D eigenvalue weighted by molar-refractivity contribution is 7.97. The molecule has 0 aromatic heterocycles. The first-order valence-electron chi connectivity index (χ1n) is 4.65. The maximum atomic E-state index is 11.1. The Morgan fingerprint density at radius 2 is 1.53 bits per heavy atom. The Morgan fingerprint density at radius 3 is 1.94 bits per heavy atom. The molecule has 0 amide bonds. The number of allylic oxidation sites excluding steroid dienone is 2. The molecule has 1 aliphatic heterocycles. The van der Waals surface area contributed by atoms with Gasteiger partial charge in [0.05, 0.1) is 0 Å². The molecule has 1 aliphatic rings. The summed E-state index contributed by atoms with van der Waals surface area (Å²) < 4.78 is 22.1. The first-order valence-corrected chi connectivity index (χ1v) is 6.26. The Bertz CT molecular complexity index is 516. The van der Waals surface area contributed by atoms with Crippen LogP contribution in [0.5, 0.6) is 0 Å². The molecule has 90 valence electrons. The zero-order chi connectivity index (χ0) is 12.9. The van der Waals surface area contributed by atoms with Gasteiger partial charge in [-0.05, 0) is 17.2 Å². The molecule has 5 nitrogen and oxygen atoms in total. The number of sulfone groups is 1. The SMILES string of the molecule is O=S1(=O)C=CC(c2ccccc2)=C1.OB(O)O. The summed E-state index contributed by atoms with van der Waals surface area (Å²) in [5.41, 5.74) is 1.68. The first kappa shape index (κ1) is 13.7. The normalized spacial score (nSPS) is 15.8. The Morgan fingerprint density at radius 1 is 1.00 bits per heavy atom. The van der Waals surface area contributed by atoms with E-state index in [1.807, 2.05) is 30.3 Å². The van der Waals surface area contributed by atoms with E-state index in [9.17, 15) is 8.42 Å². The molecule has 0 fully saturated rings. The molecule has 7 heteroatoms. The summed E-state index contributed by atoms with van der Waals surface area (Å²) in [5, 5.41) is 24.0. The second-order valence-corrected chi connectivity index (χ2v) is 4.86. The van der Waals surface area contributed by atoms with Crippen LogP contribution in [-0.2, 0) is 9.84 Å². The van der Waals surface area contributed by atoms with Crippen molar-refractivity contribution >= 4 is 22.7 Å². The smallest absolute Gasteiger partial charge is 0.402 e. The summed E-state index contributed by atoms with van der Waals surface area (Å²) in [7, 11) is -5.25. The predicted molar refractivity (Wildman–Crippen MR) is 64.9 cm³/mol. The summed E-state index contributed by atoms with van der Waals surface area (Å²) in [5.74, 6) is 0. The van der Waals surface area contributed by atoms with Crippen LogP contribution in [0, 0.1) is 0 Å². The lowest BCUT2D eigenvalue weighted by Crippen LogP contribution is -2.07. The third-order valence-electron chi connectivity index (χ3n) is 1.84. The molecule has 0 radical (unpaired) electrons. The van der Waals surface area contributed by atoms with Crippen molar-refractivity contribution in [2.45, 2.75) is 0 Å². The minimum Gasteiger partial charge on any atom is -0.402 e. The zero-order valence-corrected chi connectivity index (χ0v) is 9.58. The van der Waals surface area contributed by atoms with E-state index in [1.165, 1.54) is 10.8 Å². The monoisotopic (exact) mass is 254 g/mol. The Labute approximate surface area is 99.4 Å². The molecule has 0 aliphatic carbocycles. The van der Waals surface area contributed by atoms with Crippen LogP contribution in [0.1, 0.15) is 5.56 Å². The van der Waals surface area contributed by atoms with Crippen LogP contribution in [-0.4, -0.2) is 30.8 Å². The molecule has 0 spiro atoms. The van der Waals surface area contributed by atoms with Gasteiger partial charge >= 0.3 is 7.32 Å². The molecule has 1 heterocycles. The standard InChI is InChI=1S/C10H8O2S.BH3O3/c11-13(12)7-6-10(8-13)9-4-2-1-3-5-9;2-1(3)4/h1-8H;2-4H. The number of hydrogen-bond acceptors (Lipinski definition) is 5. The van der Waals surface area contributed by atoms with Crippen LogP contribution in [0.3, 0.4) is 0 Å². The van der Waals surface area contributed by atoms with E-state index in [4.69, 9.17) is 15.1 Å². The van der Waals surface area contributed by atoms with E-state index < -0.39 is 17.2 Å². The Hall–Kier alpha value is -1.41. The number of hydrogen-bond donors (Lipinski definition) is 3.